The van der Waals surface area contributed by atoms with Gasteiger partial charge < -0.3 is 4.90 Å². The van der Waals surface area contributed by atoms with Gasteiger partial charge in [-0.3, -0.25) is 14.2 Å². The van der Waals surface area contributed by atoms with E-state index in [9.17, 15) is 9.59 Å². The van der Waals surface area contributed by atoms with Crippen LogP contribution in [-0.2, 0) is 31.2 Å². The highest BCUT2D eigenvalue weighted by Gasteiger charge is 2.21. The highest BCUT2D eigenvalue weighted by molar-refractivity contribution is 7.99. The number of aromatic nitrogens is 2. The lowest BCUT2D eigenvalue weighted by atomic mass is 10.00. The second kappa shape index (κ2) is 7.48. The first-order valence-electron chi connectivity index (χ1n) is 9.03. The number of hydrogen-bond donors (Lipinski definition) is 0. The fraction of sp³-hybridized carbons (Fsp3) is 0.350. The van der Waals surface area contributed by atoms with Crippen LogP contribution in [-0.4, -0.2) is 32.7 Å². The molecule has 4 rings (SSSR count). The van der Waals surface area contributed by atoms with Crippen LogP contribution in [0.5, 0.6) is 0 Å². The van der Waals surface area contributed by atoms with Crippen molar-refractivity contribution in [3.8, 4) is 0 Å². The van der Waals surface area contributed by atoms with E-state index in [-0.39, 0.29) is 11.5 Å². The molecular formula is C20H21N3O2S2. The van der Waals surface area contributed by atoms with Crippen molar-refractivity contribution in [1.29, 1.82) is 0 Å². The molecule has 0 bridgehead atoms. The van der Waals surface area contributed by atoms with Crippen molar-refractivity contribution in [2.24, 2.45) is 7.05 Å². The van der Waals surface area contributed by atoms with Gasteiger partial charge in [0.2, 0.25) is 5.91 Å². The molecule has 0 N–H and O–H groups in total. The average molecular weight is 400 g/mol. The van der Waals surface area contributed by atoms with Gasteiger partial charge in [-0.05, 0) is 30.0 Å². The standard InChI is InChI=1S/C20H21N3O2S2/c1-3-15-10-16-18(27-15)21-20(22(2)19(16)25)26-12-17(24)23-9-8-13-6-4-5-7-14(13)11-23/h4-7,10H,3,8-9,11-12H2,1-2H3. The van der Waals surface area contributed by atoms with Gasteiger partial charge in [0.15, 0.2) is 5.16 Å². The van der Waals surface area contributed by atoms with E-state index in [0.29, 0.717) is 22.8 Å². The van der Waals surface area contributed by atoms with Crippen LogP contribution in [0.15, 0.2) is 40.3 Å². The van der Waals surface area contributed by atoms with E-state index >= 15 is 0 Å². The molecule has 1 amide bonds. The zero-order valence-electron chi connectivity index (χ0n) is 15.4. The van der Waals surface area contributed by atoms with Crippen molar-refractivity contribution in [2.75, 3.05) is 12.3 Å². The number of fused-ring (bicyclic) bond motifs is 2. The molecule has 0 aliphatic carbocycles. The fourth-order valence-electron chi connectivity index (χ4n) is 3.33. The number of nitrogens with zero attached hydrogens (tertiary/aromatic N) is 3. The molecule has 1 aliphatic heterocycles. The number of thiophene rings is 1. The van der Waals surface area contributed by atoms with Gasteiger partial charge in [-0.1, -0.05) is 43.0 Å². The Morgan fingerprint density at radius 2 is 2.07 bits per heavy atom. The SMILES string of the molecule is CCc1cc2c(=O)n(C)c(SCC(=O)N3CCc4ccccc4C3)nc2s1. The molecule has 140 valence electrons. The predicted molar refractivity (Wildman–Crippen MR) is 111 cm³/mol. The molecule has 1 aromatic carbocycles. The summed E-state index contributed by atoms with van der Waals surface area (Å²) in [5, 5.41) is 1.27. The van der Waals surface area contributed by atoms with E-state index in [1.807, 2.05) is 23.1 Å². The molecule has 0 atom stereocenters. The number of rotatable bonds is 4. The van der Waals surface area contributed by atoms with Gasteiger partial charge in [-0.15, -0.1) is 11.3 Å². The Morgan fingerprint density at radius 3 is 2.85 bits per heavy atom. The molecule has 0 fully saturated rings. The lowest BCUT2D eigenvalue weighted by Gasteiger charge is -2.28. The fourth-order valence-corrected chi connectivity index (χ4v) is 5.21. The summed E-state index contributed by atoms with van der Waals surface area (Å²) >= 11 is 2.90. The van der Waals surface area contributed by atoms with E-state index in [2.05, 4.69) is 24.0 Å². The van der Waals surface area contributed by atoms with E-state index in [1.54, 1.807) is 23.0 Å². The molecular weight excluding hydrogens is 378 g/mol. The van der Waals surface area contributed by atoms with Crippen molar-refractivity contribution in [3.05, 3.63) is 56.7 Å². The minimum absolute atomic E-state index is 0.0437. The third-order valence-electron chi connectivity index (χ3n) is 4.94. The number of carbonyl (C=O) groups is 1. The summed E-state index contributed by atoms with van der Waals surface area (Å²) in [6.07, 6.45) is 1.78. The molecule has 0 spiro atoms. The Morgan fingerprint density at radius 1 is 1.30 bits per heavy atom. The summed E-state index contributed by atoms with van der Waals surface area (Å²) in [6, 6.07) is 10.2. The van der Waals surface area contributed by atoms with Crippen LogP contribution in [0.25, 0.3) is 10.2 Å². The van der Waals surface area contributed by atoms with Gasteiger partial charge >= 0.3 is 0 Å². The van der Waals surface area contributed by atoms with Gasteiger partial charge in [0.1, 0.15) is 4.83 Å². The van der Waals surface area contributed by atoms with Gasteiger partial charge in [-0.2, -0.15) is 0 Å². The zero-order chi connectivity index (χ0) is 19.0. The summed E-state index contributed by atoms with van der Waals surface area (Å²) in [5.74, 6) is 0.379. The van der Waals surface area contributed by atoms with Crippen LogP contribution >= 0.6 is 23.1 Å². The quantitative estimate of drug-likeness (QED) is 0.499. The van der Waals surface area contributed by atoms with E-state index in [1.165, 1.54) is 22.9 Å². The molecule has 7 heteroatoms. The van der Waals surface area contributed by atoms with E-state index in [4.69, 9.17) is 0 Å². The maximum atomic E-state index is 12.7. The number of amides is 1. The molecule has 1 aliphatic rings. The Bertz CT molecular complexity index is 1070. The molecule has 2 aromatic heterocycles. The Hall–Kier alpha value is -2.12. The Balaban J connectivity index is 1.49. The number of hydrogen-bond acceptors (Lipinski definition) is 5. The molecule has 0 saturated carbocycles. The third kappa shape index (κ3) is 3.53. The van der Waals surface area contributed by atoms with E-state index < -0.39 is 0 Å². The first kappa shape index (κ1) is 18.3. The maximum Gasteiger partial charge on any atom is 0.262 e. The highest BCUT2D eigenvalue weighted by atomic mass is 32.2. The van der Waals surface area contributed by atoms with Crippen LogP contribution in [0, 0.1) is 0 Å². The highest BCUT2D eigenvalue weighted by Crippen LogP contribution is 2.25. The van der Waals surface area contributed by atoms with Crippen LogP contribution in [0.4, 0.5) is 0 Å². The van der Waals surface area contributed by atoms with Gasteiger partial charge in [-0.25, -0.2) is 4.98 Å². The minimum atomic E-state index is -0.0437. The number of thioether (sulfide) groups is 1. The number of aryl methyl sites for hydroxylation is 1. The molecule has 0 radical (unpaired) electrons. The van der Waals surface area contributed by atoms with Crippen LogP contribution < -0.4 is 5.56 Å². The largest absolute Gasteiger partial charge is 0.337 e. The van der Waals surface area contributed by atoms with Gasteiger partial charge in [0, 0.05) is 25.0 Å². The molecule has 3 aromatic rings. The topological polar surface area (TPSA) is 55.2 Å². The Labute approximate surface area is 166 Å². The summed E-state index contributed by atoms with van der Waals surface area (Å²) in [4.78, 5) is 33.7. The maximum absolute atomic E-state index is 12.7. The van der Waals surface area contributed by atoms with E-state index in [0.717, 1.165) is 29.1 Å². The lowest BCUT2D eigenvalue weighted by molar-refractivity contribution is -0.129. The van der Waals surface area contributed by atoms with Gasteiger partial charge in [0.05, 0.1) is 11.1 Å². The molecule has 0 saturated heterocycles. The molecule has 5 nitrogen and oxygen atoms in total. The van der Waals surface area contributed by atoms with Crippen LogP contribution in [0.2, 0.25) is 0 Å². The van der Waals surface area contributed by atoms with Crippen molar-refractivity contribution < 1.29 is 4.79 Å². The summed E-state index contributed by atoms with van der Waals surface area (Å²) in [6.45, 7) is 3.47. The minimum Gasteiger partial charge on any atom is -0.337 e. The summed E-state index contributed by atoms with van der Waals surface area (Å²) in [5.41, 5.74) is 2.51. The summed E-state index contributed by atoms with van der Waals surface area (Å²) in [7, 11) is 1.72. The third-order valence-corrected chi connectivity index (χ3v) is 7.13. The second-order valence-electron chi connectivity index (χ2n) is 6.67. The normalized spacial score (nSPS) is 13.8. The second-order valence-corrected chi connectivity index (χ2v) is 8.72. The summed E-state index contributed by atoms with van der Waals surface area (Å²) < 4.78 is 1.55. The first-order chi connectivity index (χ1) is 13.1. The number of benzene rings is 1. The zero-order valence-corrected chi connectivity index (χ0v) is 17.0. The van der Waals surface area contributed by atoms with Crippen molar-refractivity contribution >= 4 is 39.2 Å². The smallest absolute Gasteiger partial charge is 0.262 e. The van der Waals surface area contributed by atoms with Gasteiger partial charge in [0.25, 0.3) is 5.56 Å². The predicted octanol–water partition coefficient (Wildman–Crippen LogP) is 3.23. The van der Waals surface area contributed by atoms with Crippen molar-refractivity contribution in [2.45, 2.75) is 31.5 Å². The lowest BCUT2D eigenvalue weighted by Crippen LogP contribution is -2.37. The number of carbonyl (C=O) groups excluding carboxylic acids is 1. The van der Waals surface area contributed by atoms with Crippen LogP contribution in [0.3, 0.4) is 0 Å². The molecule has 0 unspecified atom stereocenters. The van der Waals surface area contributed by atoms with Crippen molar-refractivity contribution in [3.63, 3.8) is 0 Å². The van der Waals surface area contributed by atoms with Crippen LogP contribution in [0.1, 0.15) is 22.9 Å². The van der Waals surface area contributed by atoms with Crippen molar-refractivity contribution in [1.82, 2.24) is 14.5 Å². The first-order valence-corrected chi connectivity index (χ1v) is 10.8. The monoisotopic (exact) mass is 399 g/mol. The average Bonchev–Trinajstić information content (AvgIpc) is 3.12. The molecule has 27 heavy (non-hydrogen) atoms. The Kier molecular flexibility index (Phi) is 5.06. The molecule has 3 heterocycles.